The van der Waals surface area contributed by atoms with Crippen LogP contribution in [0.2, 0.25) is 0 Å². The van der Waals surface area contributed by atoms with Gasteiger partial charge in [-0.25, -0.2) is 8.42 Å². The van der Waals surface area contributed by atoms with Crippen LogP contribution in [-0.4, -0.2) is 26.5 Å². The standard InChI is InChI=1S/C11H15NO3S/c13-16(14)7-1-4-11(8-16)9-3-6-15-10(9)2-5-12-11/h3,6,12H,1-2,4-5,7-8H2. The van der Waals surface area contributed by atoms with E-state index in [1.807, 2.05) is 6.07 Å². The lowest BCUT2D eigenvalue weighted by Crippen LogP contribution is -2.53. The Morgan fingerprint density at radius 3 is 3.12 bits per heavy atom. The van der Waals surface area contributed by atoms with Crippen molar-refractivity contribution in [3.63, 3.8) is 0 Å². The molecule has 4 nitrogen and oxygen atoms in total. The molecular weight excluding hydrogens is 226 g/mol. The third-order valence-electron chi connectivity index (χ3n) is 3.60. The molecule has 3 rings (SSSR count). The van der Waals surface area contributed by atoms with Crippen LogP contribution in [0.5, 0.6) is 0 Å². The van der Waals surface area contributed by atoms with E-state index < -0.39 is 9.84 Å². The molecule has 0 aliphatic carbocycles. The molecule has 3 heterocycles. The van der Waals surface area contributed by atoms with Gasteiger partial charge in [0.1, 0.15) is 5.76 Å². The fraction of sp³-hybridized carbons (Fsp3) is 0.636. The summed E-state index contributed by atoms with van der Waals surface area (Å²) < 4.78 is 29.0. The molecule has 0 radical (unpaired) electrons. The highest BCUT2D eigenvalue weighted by Crippen LogP contribution is 2.37. The Bertz CT molecular complexity index is 505. The van der Waals surface area contributed by atoms with E-state index in [4.69, 9.17) is 4.42 Å². The van der Waals surface area contributed by atoms with Crippen molar-refractivity contribution < 1.29 is 12.8 Å². The van der Waals surface area contributed by atoms with Crippen LogP contribution >= 0.6 is 0 Å². The summed E-state index contributed by atoms with van der Waals surface area (Å²) in [5, 5.41) is 3.39. The minimum Gasteiger partial charge on any atom is -0.469 e. The molecule has 0 aromatic carbocycles. The maximum atomic E-state index is 11.8. The number of sulfone groups is 1. The van der Waals surface area contributed by atoms with E-state index in [9.17, 15) is 8.42 Å². The van der Waals surface area contributed by atoms with Crippen LogP contribution in [0.25, 0.3) is 0 Å². The summed E-state index contributed by atoms with van der Waals surface area (Å²) in [5.41, 5.74) is 0.680. The molecule has 1 unspecified atom stereocenters. The molecule has 1 N–H and O–H groups in total. The second-order valence-corrected chi connectivity index (χ2v) is 6.90. The van der Waals surface area contributed by atoms with Gasteiger partial charge in [0.2, 0.25) is 0 Å². The lowest BCUT2D eigenvalue weighted by molar-refractivity contribution is 0.296. The van der Waals surface area contributed by atoms with E-state index in [-0.39, 0.29) is 11.3 Å². The van der Waals surface area contributed by atoms with Crippen molar-refractivity contribution in [2.75, 3.05) is 18.1 Å². The van der Waals surface area contributed by atoms with Crippen molar-refractivity contribution in [2.24, 2.45) is 0 Å². The monoisotopic (exact) mass is 241 g/mol. The first-order chi connectivity index (χ1) is 7.61. The minimum absolute atomic E-state index is 0.215. The summed E-state index contributed by atoms with van der Waals surface area (Å²) in [6.45, 7) is 0.802. The SMILES string of the molecule is O=S1(=O)CCCC2(C1)NCCc1occc12. The van der Waals surface area contributed by atoms with Gasteiger partial charge < -0.3 is 9.73 Å². The van der Waals surface area contributed by atoms with E-state index >= 15 is 0 Å². The van der Waals surface area contributed by atoms with Gasteiger partial charge in [0.25, 0.3) is 0 Å². The molecular formula is C11H15NO3S. The van der Waals surface area contributed by atoms with Crippen molar-refractivity contribution >= 4 is 9.84 Å². The minimum atomic E-state index is -2.92. The van der Waals surface area contributed by atoms with Crippen LogP contribution < -0.4 is 5.32 Å². The highest BCUT2D eigenvalue weighted by atomic mass is 32.2. The molecule has 1 saturated heterocycles. The van der Waals surface area contributed by atoms with Gasteiger partial charge in [0.15, 0.2) is 9.84 Å². The third-order valence-corrected chi connectivity index (χ3v) is 5.44. The largest absolute Gasteiger partial charge is 0.469 e. The second-order valence-electron chi connectivity index (χ2n) is 4.71. The molecule has 0 bridgehead atoms. The Morgan fingerprint density at radius 1 is 1.44 bits per heavy atom. The quantitative estimate of drug-likeness (QED) is 0.731. The van der Waals surface area contributed by atoms with Gasteiger partial charge in [-0.2, -0.15) is 0 Å². The van der Waals surface area contributed by atoms with Crippen LogP contribution in [-0.2, 0) is 21.8 Å². The molecule has 5 heteroatoms. The molecule has 1 fully saturated rings. The molecule has 0 amide bonds. The lowest BCUT2D eigenvalue weighted by atomic mass is 9.84. The summed E-state index contributed by atoms with van der Waals surface area (Å²) in [5.74, 6) is 1.49. The fourth-order valence-corrected chi connectivity index (χ4v) is 4.82. The predicted octanol–water partition coefficient (Wildman–Crippen LogP) is 0.829. The van der Waals surface area contributed by atoms with Gasteiger partial charge in [-0.05, 0) is 18.9 Å². The topological polar surface area (TPSA) is 59.3 Å². The summed E-state index contributed by atoms with van der Waals surface area (Å²) >= 11 is 0. The van der Waals surface area contributed by atoms with Crippen LogP contribution in [0.15, 0.2) is 16.7 Å². The van der Waals surface area contributed by atoms with Gasteiger partial charge in [-0.15, -0.1) is 0 Å². The van der Waals surface area contributed by atoms with Crippen molar-refractivity contribution in [1.29, 1.82) is 0 Å². The van der Waals surface area contributed by atoms with Gasteiger partial charge in [0, 0.05) is 18.5 Å². The van der Waals surface area contributed by atoms with Gasteiger partial charge in [-0.1, -0.05) is 0 Å². The number of nitrogens with one attached hydrogen (secondary N) is 1. The molecule has 16 heavy (non-hydrogen) atoms. The maximum Gasteiger partial charge on any atom is 0.152 e. The molecule has 0 saturated carbocycles. The van der Waals surface area contributed by atoms with E-state index in [2.05, 4.69) is 5.32 Å². The highest BCUT2D eigenvalue weighted by molar-refractivity contribution is 7.91. The number of furan rings is 1. The molecule has 1 aromatic rings. The van der Waals surface area contributed by atoms with E-state index in [0.717, 1.165) is 37.1 Å². The van der Waals surface area contributed by atoms with Crippen molar-refractivity contribution in [3.05, 3.63) is 23.7 Å². The van der Waals surface area contributed by atoms with Crippen molar-refractivity contribution in [3.8, 4) is 0 Å². The third kappa shape index (κ3) is 1.50. The molecule has 2 aliphatic heterocycles. The number of hydrogen-bond acceptors (Lipinski definition) is 4. The molecule has 2 aliphatic rings. The summed E-state index contributed by atoms with van der Waals surface area (Å²) in [6, 6.07) is 1.92. The Kier molecular flexibility index (Phi) is 2.16. The van der Waals surface area contributed by atoms with Gasteiger partial charge >= 0.3 is 0 Å². The Labute approximate surface area is 94.9 Å². The molecule has 1 atom stereocenters. The first-order valence-corrected chi connectivity index (χ1v) is 7.46. The fourth-order valence-electron chi connectivity index (χ4n) is 2.94. The van der Waals surface area contributed by atoms with Crippen LogP contribution in [0.3, 0.4) is 0 Å². The highest BCUT2D eigenvalue weighted by Gasteiger charge is 2.43. The van der Waals surface area contributed by atoms with Crippen molar-refractivity contribution in [1.82, 2.24) is 5.32 Å². The Balaban J connectivity index is 2.07. The zero-order valence-electron chi connectivity index (χ0n) is 9.03. The average molecular weight is 241 g/mol. The zero-order chi connectivity index (χ0) is 11.2. The molecule has 1 aromatic heterocycles. The van der Waals surface area contributed by atoms with Crippen LogP contribution in [0.1, 0.15) is 24.2 Å². The molecule has 1 spiro atoms. The summed E-state index contributed by atoms with van der Waals surface area (Å²) in [4.78, 5) is 0. The Morgan fingerprint density at radius 2 is 2.31 bits per heavy atom. The van der Waals surface area contributed by atoms with E-state index in [1.54, 1.807) is 6.26 Å². The zero-order valence-corrected chi connectivity index (χ0v) is 9.85. The number of rotatable bonds is 0. The first kappa shape index (κ1) is 10.4. The summed E-state index contributed by atoms with van der Waals surface area (Å²) in [7, 11) is -2.92. The molecule has 88 valence electrons. The second kappa shape index (κ2) is 3.34. The van der Waals surface area contributed by atoms with Crippen LogP contribution in [0, 0.1) is 0 Å². The van der Waals surface area contributed by atoms with Gasteiger partial charge in [-0.3, -0.25) is 0 Å². The summed E-state index contributed by atoms with van der Waals surface area (Å²) in [6.07, 6.45) is 4.14. The average Bonchev–Trinajstić information content (AvgIpc) is 2.65. The van der Waals surface area contributed by atoms with E-state index in [1.165, 1.54) is 0 Å². The normalized spacial score (nSPS) is 32.5. The first-order valence-electron chi connectivity index (χ1n) is 5.64. The van der Waals surface area contributed by atoms with Crippen LogP contribution in [0.4, 0.5) is 0 Å². The number of fused-ring (bicyclic) bond motifs is 2. The Hall–Kier alpha value is -0.810. The van der Waals surface area contributed by atoms with Gasteiger partial charge in [0.05, 0.1) is 23.3 Å². The maximum absolute atomic E-state index is 11.8. The van der Waals surface area contributed by atoms with Crippen molar-refractivity contribution in [2.45, 2.75) is 24.8 Å². The van der Waals surface area contributed by atoms with E-state index in [0.29, 0.717) is 5.75 Å². The number of hydrogen-bond donors (Lipinski definition) is 1. The predicted molar refractivity (Wildman–Crippen MR) is 60.0 cm³/mol. The lowest BCUT2D eigenvalue weighted by Gasteiger charge is -2.40. The smallest absolute Gasteiger partial charge is 0.152 e.